The summed E-state index contributed by atoms with van der Waals surface area (Å²) in [6.07, 6.45) is 26.3. The summed E-state index contributed by atoms with van der Waals surface area (Å²) in [6.45, 7) is 5.99. The molecule has 0 fully saturated rings. The van der Waals surface area contributed by atoms with Gasteiger partial charge in [-0.3, -0.25) is 0 Å². The number of rotatable bonds is 26. The van der Waals surface area contributed by atoms with Crippen LogP contribution in [0.1, 0.15) is 142 Å². The number of nitrogen functional groups attached to an aromatic ring is 1. The van der Waals surface area contributed by atoms with Crippen LogP contribution in [-0.4, -0.2) is 23.4 Å². The van der Waals surface area contributed by atoms with Gasteiger partial charge in [0.25, 0.3) is 0 Å². The van der Waals surface area contributed by atoms with Crippen molar-refractivity contribution in [2.24, 2.45) is 0 Å². The van der Waals surface area contributed by atoms with Gasteiger partial charge in [0.15, 0.2) is 11.5 Å². The molecule has 2 N–H and O–H groups in total. The van der Waals surface area contributed by atoms with E-state index in [2.05, 4.69) is 36.2 Å². The molecule has 0 aliphatic heterocycles. The predicted molar refractivity (Wildman–Crippen MR) is 190 cm³/mol. The smallest absolute Gasteiger partial charge is 0.161 e. The Balaban J connectivity index is 1.47. The number of aromatic nitrogens is 2. The van der Waals surface area contributed by atoms with Gasteiger partial charge in [0.2, 0.25) is 0 Å². The number of benzene rings is 2. The monoisotopic (exact) mass is 621 g/mol. The Kier molecular flexibility index (Phi) is 18.6. The summed E-state index contributed by atoms with van der Waals surface area (Å²) in [5.74, 6) is 1.65. The Morgan fingerprint density at radius 2 is 0.909 bits per heavy atom. The zero-order valence-corrected chi connectivity index (χ0v) is 28.6. The van der Waals surface area contributed by atoms with E-state index < -0.39 is 0 Å². The first-order valence-electron chi connectivity index (χ1n) is 17.8. The lowest BCUT2D eigenvalue weighted by molar-refractivity contribution is 0.258. The van der Waals surface area contributed by atoms with Gasteiger partial charge >= 0.3 is 0 Å². The van der Waals surface area contributed by atoms with E-state index in [0.717, 1.165) is 57.8 Å². The lowest BCUT2D eigenvalue weighted by Gasteiger charge is -2.14. The maximum atomic E-state index is 6.34. The molecule has 5 nitrogen and oxygen atoms in total. The van der Waals surface area contributed by atoms with E-state index in [1.807, 2.05) is 30.3 Å². The first kappa shape index (κ1) is 35.9. The van der Waals surface area contributed by atoms with Gasteiger partial charge in [0.05, 0.1) is 13.2 Å². The van der Waals surface area contributed by atoms with Crippen LogP contribution >= 0.6 is 11.3 Å². The Labute approximate surface area is 272 Å². The molecule has 1 heterocycles. The maximum Gasteiger partial charge on any atom is 0.161 e. The zero-order chi connectivity index (χ0) is 31.1. The number of hydrogen-bond donors (Lipinski definition) is 1. The molecule has 0 saturated carbocycles. The van der Waals surface area contributed by atoms with Crippen molar-refractivity contribution in [2.75, 3.05) is 18.9 Å². The van der Waals surface area contributed by atoms with Crippen LogP contribution in [0.4, 0.5) is 5.69 Å². The highest BCUT2D eigenvalue weighted by Gasteiger charge is 2.13. The molecule has 1 aromatic heterocycles. The number of unbranched alkanes of at least 4 members (excludes halogenated alkanes) is 18. The van der Waals surface area contributed by atoms with Crippen molar-refractivity contribution in [3.63, 3.8) is 0 Å². The second kappa shape index (κ2) is 22.8. The van der Waals surface area contributed by atoms with E-state index in [-0.39, 0.29) is 0 Å². The highest BCUT2D eigenvalue weighted by molar-refractivity contribution is 7.17. The molecule has 44 heavy (non-hydrogen) atoms. The van der Waals surface area contributed by atoms with Crippen molar-refractivity contribution in [1.29, 1.82) is 0 Å². The summed E-state index contributed by atoms with van der Waals surface area (Å²) in [4.78, 5) is 0. The number of nitrogens with two attached hydrogens (primary N) is 1. The van der Waals surface area contributed by atoms with Crippen molar-refractivity contribution < 1.29 is 9.47 Å². The first-order valence-corrected chi connectivity index (χ1v) is 18.6. The average molecular weight is 622 g/mol. The second-order valence-electron chi connectivity index (χ2n) is 12.3. The van der Waals surface area contributed by atoms with E-state index in [1.165, 1.54) is 116 Å². The van der Waals surface area contributed by atoms with E-state index in [0.29, 0.717) is 6.61 Å². The Hall–Kier alpha value is -2.60. The molecule has 0 aliphatic rings. The minimum absolute atomic E-state index is 0.710. The van der Waals surface area contributed by atoms with Crippen LogP contribution in [-0.2, 0) is 0 Å². The van der Waals surface area contributed by atoms with E-state index in [9.17, 15) is 0 Å². The third-order valence-corrected chi connectivity index (χ3v) is 9.31. The molecule has 3 rings (SSSR count). The van der Waals surface area contributed by atoms with Crippen LogP contribution in [0.5, 0.6) is 11.5 Å². The Bertz CT molecular complexity index is 1130. The molecule has 6 heteroatoms. The largest absolute Gasteiger partial charge is 0.490 e. The van der Waals surface area contributed by atoms with Crippen LogP contribution < -0.4 is 15.2 Å². The summed E-state index contributed by atoms with van der Waals surface area (Å²) >= 11 is 1.58. The number of anilines is 1. The topological polar surface area (TPSA) is 70.3 Å². The SMILES string of the molecule is CCCCCCCCCCCCOc1ccc(-c2nnc(-c3ccc(N)cc3)s2)cc1OCCCCCCCCCCCC. The van der Waals surface area contributed by atoms with Crippen LogP contribution in [0.3, 0.4) is 0 Å². The van der Waals surface area contributed by atoms with Gasteiger partial charge in [-0.25, -0.2) is 0 Å². The molecule has 0 aliphatic carbocycles. The second-order valence-corrected chi connectivity index (χ2v) is 13.2. The zero-order valence-electron chi connectivity index (χ0n) is 27.8. The maximum absolute atomic E-state index is 6.34. The van der Waals surface area contributed by atoms with E-state index in [1.54, 1.807) is 11.3 Å². The Morgan fingerprint density at radius 3 is 1.41 bits per heavy atom. The van der Waals surface area contributed by atoms with E-state index in [4.69, 9.17) is 15.2 Å². The van der Waals surface area contributed by atoms with Crippen molar-refractivity contribution in [3.05, 3.63) is 42.5 Å². The van der Waals surface area contributed by atoms with Gasteiger partial charge in [-0.1, -0.05) is 141 Å². The molecule has 0 amide bonds. The minimum Gasteiger partial charge on any atom is -0.490 e. The van der Waals surface area contributed by atoms with Crippen molar-refractivity contribution in [3.8, 4) is 32.6 Å². The minimum atomic E-state index is 0.710. The number of nitrogens with zero attached hydrogens (tertiary/aromatic N) is 2. The molecule has 0 unspecified atom stereocenters. The molecular formula is C38H59N3O2S. The molecule has 0 spiro atoms. The number of ether oxygens (including phenoxy) is 2. The summed E-state index contributed by atoms with van der Waals surface area (Å²) in [5, 5.41) is 10.7. The van der Waals surface area contributed by atoms with Crippen molar-refractivity contribution in [1.82, 2.24) is 10.2 Å². The molecule has 0 atom stereocenters. The lowest BCUT2D eigenvalue weighted by Crippen LogP contribution is -2.03. The Morgan fingerprint density at radius 1 is 0.500 bits per heavy atom. The van der Waals surface area contributed by atoms with Crippen LogP contribution in [0.25, 0.3) is 21.1 Å². The van der Waals surface area contributed by atoms with Crippen molar-refractivity contribution in [2.45, 2.75) is 142 Å². The standard InChI is InChI=1S/C38H59N3O2S/c1-3-5-7-9-11-13-15-17-19-21-29-42-35-28-25-33(38-41-40-37(44-38)32-23-26-34(39)27-24-32)31-36(35)43-30-22-20-18-16-14-12-10-8-6-4-2/h23-28,31H,3-22,29-30,39H2,1-2H3. The quantitative estimate of drug-likeness (QED) is 0.0713. The molecule has 0 bridgehead atoms. The highest BCUT2D eigenvalue weighted by Crippen LogP contribution is 2.36. The summed E-state index contributed by atoms with van der Waals surface area (Å²) in [6, 6.07) is 14.0. The molecule has 0 radical (unpaired) electrons. The van der Waals surface area contributed by atoms with Gasteiger partial charge in [-0.05, 0) is 55.3 Å². The molecule has 3 aromatic rings. The summed E-state index contributed by atoms with van der Waals surface area (Å²) in [7, 11) is 0. The molecule has 0 saturated heterocycles. The molecule has 244 valence electrons. The third-order valence-electron chi connectivity index (χ3n) is 8.28. The van der Waals surface area contributed by atoms with E-state index >= 15 is 0 Å². The van der Waals surface area contributed by atoms with Gasteiger partial charge < -0.3 is 15.2 Å². The van der Waals surface area contributed by atoms with Gasteiger partial charge in [-0.2, -0.15) is 0 Å². The first-order chi connectivity index (χ1) is 21.7. The fraction of sp³-hybridized carbons (Fsp3) is 0.632. The fourth-order valence-corrected chi connectivity index (χ4v) is 6.34. The van der Waals surface area contributed by atoms with Crippen LogP contribution in [0, 0.1) is 0 Å². The predicted octanol–water partition coefficient (Wildman–Crippen LogP) is 12.1. The summed E-state index contributed by atoms with van der Waals surface area (Å²) < 4.78 is 12.6. The van der Waals surface area contributed by atoms with Gasteiger partial charge in [0, 0.05) is 16.8 Å². The lowest BCUT2D eigenvalue weighted by atomic mass is 10.1. The average Bonchev–Trinajstić information content (AvgIpc) is 3.54. The van der Waals surface area contributed by atoms with Crippen LogP contribution in [0.2, 0.25) is 0 Å². The van der Waals surface area contributed by atoms with Gasteiger partial charge in [0.1, 0.15) is 10.0 Å². The molecular weight excluding hydrogens is 563 g/mol. The number of hydrogen-bond acceptors (Lipinski definition) is 6. The normalized spacial score (nSPS) is 11.2. The van der Waals surface area contributed by atoms with Crippen molar-refractivity contribution >= 4 is 17.0 Å². The molecule has 2 aromatic carbocycles. The third kappa shape index (κ3) is 14.5. The summed E-state index contributed by atoms with van der Waals surface area (Å²) in [5.41, 5.74) is 8.64. The van der Waals surface area contributed by atoms with Gasteiger partial charge in [-0.15, -0.1) is 10.2 Å². The fourth-order valence-electron chi connectivity index (χ4n) is 5.50. The van der Waals surface area contributed by atoms with Crippen LogP contribution in [0.15, 0.2) is 42.5 Å². The highest BCUT2D eigenvalue weighted by atomic mass is 32.1.